The Morgan fingerprint density at radius 3 is 3.00 bits per heavy atom. The molecule has 4 nitrogen and oxygen atoms in total. The van der Waals surface area contributed by atoms with Crippen LogP contribution in [0, 0.1) is 5.21 Å². The normalized spacial score (nSPS) is 21.4. The first-order valence-electron chi connectivity index (χ1n) is 3.69. The maximum absolute atomic E-state index is 11.2. The molecule has 2 N–H and O–H groups in total. The predicted molar refractivity (Wildman–Crippen MR) is 43.9 cm³/mol. The van der Waals surface area contributed by atoms with Gasteiger partial charge in [-0.25, -0.2) is 0 Å². The quantitative estimate of drug-likeness (QED) is 0.515. The number of fused-ring (bicyclic) bond motifs is 1. The van der Waals surface area contributed by atoms with Gasteiger partial charge < -0.3 is 15.6 Å². The molecule has 4 heteroatoms. The third-order valence-electron chi connectivity index (χ3n) is 1.82. The van der Waals surface area contributed by atoms with Crippen molar-refractivity contribution in [1.29, 1.82) is 0 Å². The highest BCUT2D eigenvalue weighted by atomic mass is 16.5. The Morgan fingerprint density at radius 1 is 1.42 bits per heavy atom. The van der Waals surface area contributed by atoms with E-state index in [1.165, 1.54) is 0 Å². The maximum atomic E-state index is 11.2. The summed E-state index contributed by atoms with van der Waals surface area (Å²) in [4.78, 5) is 10.9. The molecular weight excluding hydrogens is 156 g/mol. The second-order valence-corrected chi connectivity index (χ2v) is 2.69. The monoisotopic (exact) mass is 164 g/mol. The van der Waals surface area contributed by atoms with E-state index in [0.717, 1.165) is 0 Å². The van der Waals surface area contributed by atoms with E-state index >= 15 is 0 Å². The highest BCUT2D eigenvalue weighted by Crippen LogP contribution is 2.18. The Labute approximate surface area is 69.4 Å². The lowest BCUT2D eigenvalue weighted by Gasteiger charge is -2.27. The number of benzene rings is 1. The first-order valence-corrected chi connectivity index (χ1v) is 3.69. The number of hydroxylamine groups is 1. The van der Waals surface area contributed by atoms with Gasteiger partial charge in [0.05, 0.1) is 0 Å². The number of carbonyl (C=O) groups excluding carboxylic acids is 1. The lowest BCUT2D eigenvalue weighted by atomic mass is 10.2. The Kier molecular flexibility index (Phi) is 1.56. The Morgan fingerprint density at radius 2 is 2.17 bits per heavy atom. The number of anilines is 1. The van der Waals surface area contributed by atoms with Gasteiger partial charge in [-0.3, -0.25) is 4.79 Å². The third kappa shape index (κ3) is 1.07. The Bertz CT molecular complexity index is 325. The number of hydrogen-bond donors (Lipinski definition) is 2. The molecule has 2 rings (SSSR count). The zero-order valence-electron chi connectivity index (χ0n) is 6.33. The molecule has 1 aromatic carbocycles. The van der Waals surface area contributed by atoms with Gasteiger partial charge in [0.1, 0.15) is 5.69 Å². The van der Waals surface area contributed by atoms with Crippen molar-refractivity contribution < 1.29 is 9.86 Å². The molecule has 0 fully saturated rings. The van der Waals surface area contributed by atoms with Crippen LogP contribution in [0.15, 0.2) is 24.3 Å². The SMILES string of the molecule is O=C1C[NH+]([O-])c2ccccc2N1. The molecule has 0 saturated heterocycles. The summed E-state index contributed by atoms with van der Waals surface area (Å²) in [6, 6.07) is 7.02. The van der Waals surface area contributed by atoms with Crippen molar-refractivity contribution in [2.75, 3.05) is 11.9 Å². The lowest BCUT2D eigenvalue weighted by Crippen LogP contribution is -3.04. The molecule has 1 atom stereocenters. The fraction of sp³-hybridized carbons (Fsp3) is 0.125. The summed E-state index contributed by atoms with van der Waals surface area (Å²) >= 11 is 0. The van der Waals surface area contributed by atoms with E-state index in [9.17, 15) is 10.0 Å². The standard InChI is InChI=1S/C8H8N2O2/c11-8-5-10(12)7-4-2-1-3-6(7)9-8/h1-4,10H,5H2,(H,9,11). The molecule has 1 aliphatic rings. The first kappa shape index (κ1) is 7.27. The summed E-state index contributed by atoms with van der Waals surface area (Å²) in [7, 11) is 0. The minimum Gasteiger partial charge on any atom is -0.628 e. The number of amides is 1. The molecule has 1 amide bonds. The predicted octanol–water partition coefficient (Wildman–Crippen LogP) is -0.347. The van der Waals surface area contributed by atoms with Gasteiger partial charge in [-0.05, 0) is 6.07 Å². The van der Waals surface area contributed by atoms with Crippen molar-refractivity contribution in [3.8, 4) is 0 Å². The van der Waals surface area contributed by atoms with Crippen LogP contribution in [-0.4, -0.2) is 12.5 Å². The summed E-state index contributed by atoms with van der Waals surface area (Å²) in [5.41, 5.74) is 1.23. The summed E-state index contributed by atoms with van der Waals surface area (Å²) < 4.78 is 0. The molecule has 1 unspecified atom stereocenters. The summed E-state index contributed by atoms with van der Waals surface area (Å²) in [6.45, 7) is -0.0307. The van der Waals surface area contributed by atoms with E-state index in [1.807, 2.05) is 0 Å². The maximum Gasteiger partial charge on any atom is 0.280 e. The molecule has 1 aliphatic heterocycles. The number of hydrogen-bond acceptors (Lipinski definition) is 2. The van der Waals surface area contributed by atoms with Crippen molar-refractivity contribution in [3.05, 3.63) is 29.5 Å². The van der Waals surface area contributed by atoms with E-state index in [1.54, 1.807) is 24.3 Å². The summed E-state index contributed by atoms with van der Waals surface area (Å²) in [5.74, 6) is -0.223. The molecule has 1 aromatic rings. The molecule has 0 spiro atoms. The third-order valence-corrected chi connectivity index (χ3v) is 1.82. The van der Waals surface area contributed by atoms with Crippen LogP contribution in [0.25, 0.3) is 0 Å². The smallest absolute Gasteiger partial charge is 0.280 e. The van der Waals surface area contributed by atoms with Crippen LogP contribution < -0.4 is 10.4 Å². The average molecular weight is 164 g/mol. The van der Waals surface area contributed by atoms with Crippen LogP contribution in [-0.2, 0) is 4.79 Å². The average Bonchev–Trinajstić information content (AvgIpc) is 2.04. The molecule has 0 radical (unpaired) electrons. The number of para-hydroxylation sites is 2. The van der Waals surface area contributed by atoms with Crippen molar-refractivity contribution >= 4 is 17.3 Å². The molecule has 1 heterocycles. The summed E-state index contributed by atoms with van der Waals surface area (Å²) in [6.07, 6.45) is 0. The highest BCUT2D eigenvalue weighted by molar-refractivity contribution is 5.95. The van der Waals surface area contributed by atoms with Crippen LogP contribution in [0.1, 0.15) is 0 Å². The zero-order chi connectivity index (χ0) is 8.55. The van der Waals surface area contributed by atoms with E-state index in [2.05, 4.69) is 5.32 Å². The van der Waals surface area contributed by atoms with Gasteiger partial charge in [0.2, 0.25) is 0 Å². The first-order chi connectivity index (χ1) is 5.77. The van der Waals surface area contributed by atoms with Crippen molar-refractivity contribution in [1.82, 2.24) is 0 Å². The van der Waals surface area contributed by atoms with Crippen LogP contribution in [0.3, 0.4) is 0 Å². The largest absolute Gasteiger partial charge is 0.628 e. The minimum atomic E-state index is -0.223. The summed E-state index contributed by atoms with van der Waals surface area (Å²) in [5, 5.41) is 13.8. The van der Waals surface area contributed by atoms with Gasteiger partial charge in [-0.15, -0.1) is 0 Å². The van der Waals surface area contributed by atoms with Gasteiger partial charge in [-0.2, -0.15) is 0 Å². The van der Waals surface area contributed by atoms with Gasteiger partial charge in [0.25, 0.3) is 5.91 Å². The van der Waals surface area contributed by atoms with Gasteiger partial charge in [0.15, 0.2) is 12.2 Å². The molecule has 62 valence electrons. The van der Waals surface area contributed by atoms with Crippen molar-refractivity contribution in [2.45, 2.75) is 0 Å². The number of quaternary nitrogens is 1. The van der Waals surface area contributed by atoms with Crippen LogP contribution in [0.4, 0.5) is 11.4 Å². The molecule has 0 saturated carbocycles. The van der Waals surface area contributed by atoms with Crippen molar-refractivity contribution in [3.63, 3.8) is 0 Å². The van der Waals surface area contributed by atoms with E-state index in [4.69, 9.17) is 0 Å². The van der Waals surface area contributed by atoms with Gasteiger partial charge in [0, 0.05) is 6.07 Å². The van der Waals surface area contributed by atoms with Crippen LogP contribution >= 0.6 is 0 Å². The van der Waals surface area contributed by atoms with E-state index in [0.29, 0.717) is 11.4 Å². The van der Waals surface area contributed by atoms with Gasteiger partial charge in [-0.1, -0.05) is 12.1 Å². The topological polar surface area (TPSA) is 56.6 Å². The fourth-order valence-corrected chi connectivity index (χ4v) is 1.27. The second-order valence-electron chi connectivity index (χ2n) is 2.69. The molecule has 12 heavy (non-hydrogen) atoms. The molecule has 0 aliphatic carbocycles. The zero-order valence-corrected chi connectivity index (χ0v) is 6.33. The minimum absolute atomic E-state index is 0.0307. The lowest BCUT2D eigenvalue weighted by molar-refractivity contribution is -0.766. The number of carbonyl (C=O) groups is 1. The fourth-order valence-electron chi connectivity index (χ4n) is 1.27. The van der Waals surface area contributed by atoms with E-state index in [-0.39, 0.29) is 17.5 Å². The second kappa shape index (κ2) is 2.58. The number of rotatable bonds is 0. The number of nitrogens with one attached hydrogen (secondary N) is 2. The van der Waals surface area contributed by atoms with Crippen LogP contribution in [0.5, 0.6) is 0 Å². The molecule has 0 aromatic heterocycles. The van der Waals surface area contributed by atoms with Crippen molar-refractivity contribution in [2.24, 2.45) is 0 Å². The van der Waals surface area contributed by atoms with Gasteiger partial charge >= 0.3 is 0 Å². The molecule has 0 bridgehead atoms. The highest BCUT2D eigenvalue weighted by Gasteiger charge is 2.20. The van der Waals surface area contributed by atoms with E-state index < -0.39 is 0 Å². The Hall–Kier alpha value is -1.39. The van der Waals surface area contributed by atoms with Crippen LogP contribution in [0.2, 0.25) is 0 Å². The Balaban J connectivity index is 2.47. The molecular formula is C8H8N2O2.